The summed E-state index contributed by atoms with van der Waals surface area (Å²) in [5, 5.41) is 15.3. The molecule has 0 spiro atoms. The molecule has 0 radical (unpaired) electrons. The molecule has 1 aliphatic carbocycles. The SMILES string of the molecule is CCNC1CCc2cc(OCc3nnn(C)n3)ccc21. The van der Waals surface area contributed by atoms with Gasteiger partial charge in [-0.1, -0.05) is 13.0 Å². The van der Waals surface area contributed by atoms with Crippen LogP contribution >= 0.6 is 0 Å². The van der Waals surface area contributed by atoms with E-state index in [9.17, 15) is 0 Å². The predicted molar refractivity (Wildman–Crippen MR) is 74.3 cm³/mol. The minimum atomic E-state index is 0.350. The fraction of sp³-hybridized carbons (Fsp3) is 0.500. The molecule has 1 aromatic heterocycles. The number of nitrogens with one attached hydrogen (secondary N) is 1. The van der Waals surface area contributed by atoms with Gasteiger partial charge in [-0.05, 0) is 47.9 Å². The van der Waals surface area contributed by atoms with Gasteiger partial charge in [0.25, 0.3) is 0 Å². The fourth-order valence-electron chi connectivity index (χ4n) is 2.67. The summed E-state index contributed by atoms with van der Waals surface area (Å²) in [5.41, 5.74) is 2.78. The molecule has 0 fully saturated rings. The second-order valence-electron chi connectivity index (χ2n) is 4.99. The molecule has 106 valence electrons. The third-order valence-corrected chi connectivity index (χ3v) is 3.56. The minimum Gasteiger partial charge on any atom is -0.485 e. The first-order chi connectivity index (χ1) is 9.76. The molecule has 0 aliphatic heterocycles. The predicted octanol–water partition coefficient (Wildman–Crippen LogP) is 1.39. The number of ether oxygens (including phenoxy) is 1. The van der Waals surface area contributed by atoms with E-state index in [1.807, 2.05) is 6.07 Å². The zero-order chi connectivity index (χ0) is 13.9. The quantitative estimate of drug-likeness (QED) is 0.891. The van der Waals surface area contributed by atoms with Crippen molar-refractivity contribution < 1.29 is 4.74 Å². The molecule has 0 saturated heterocycles. The molecule has 20 heavy (non-hydrogen) atoms. The molecular formula is C14H19N5O. The van der Waals surface area contributed by atoms with E-state index in [1.165, 1.54) is 22.3 Å². The smallest absolute Gasteiger partial charge is 0.212 e. The molecule has 1 heterocycles. The third kappa shape index (κ3) is 2.65. The van der Waals surface area contributed by atoms with E-state index in [1.54, 1.807) is 7.05 Å². The highest BCUT2D eigenvalue weighted by Gasteiger charge is 2.21. The van der Waals surface area contributed by atoms with Crippen LogP contribution < -0.4 is 10.1 Å². The topological polar surface area (TPSA) is 64.9 Å². The van der Waals surface area contributed by atoms with E-state index in [0.717, 1.165) is 18.7 Å². The van der Waals surface area contributed by atoms with Crippen LogP contribution in [-0.2, 0) is 20.1 Å². The van der Waals surface area contributed by atoms with E-state index < -0.39 is 0 Å². The summed E-state index contributed by atoms with van der Waals surface area (Å²) in [6, 6.07) is 6.80. The second kappa shape index (κ2) is 5.58. The van der Waals surface area contributed by atoms with Gasteiger partial charge in [0.05, 0.1) is 7.05 Å². The highest BCUT2D eigenvalue weighted by molar-refractivity contribution is 5.40. The lowest BCUT2D eigenvalue weighted by Crippen LogP contribution is -2.18. The Balaban J connectivity index is 1.67. The Morgan fingerprint density at radius 1 is 1.45 bits per heavy atom. The molecule has 3 rings (SSSR count). The Labute approximate surface area is 118 Å². The molecule has 0 saturated carbocycles. The van der Waals surface area contributed by atoms with Gasteiger partial charge in [-0.25, -0.2) is 0 Å². The number of tetrazole rings is 1. The van der Waals surface area contributed by atoms with Gasteiger partial charge < -0.3 is 10.1 Å². The molecule has 1 aliphatic rings. The Morgan fingerprint density at radius 2 is 2.35 bits per heavy atom. The van der Waals surface area contributed by atoms with Crippen molar-refractivity contribution in [2.75, 3.05) is 6.54 Å². The lowest BCUT2D eigenvalue weighted by atomic mass is 10.1. The second-order valence-corrected chi connectivity index (χ2v) is 4.99. The molecular weight excluding hydrogens is 254 g/mol. The van der Waals surface area contributed by atoms with E-state index in [4.69, 9.17) is 4.74 Å². The zero-order valence-electron chi connectivity index (χ0n) is 11.8. The van der Waals surface area contributed by atoms with Crippen LogP contribution in [0.3, 0.4) is 0 Å². The van der Waals surface area contributed by atoms with Gasteiger partial charge in [0, 0.05) is 6.04 Å². The lowest BCUT2D eigenvalue weighted by Gasteiger charge is -2.12. The van der Waals surface area contributed by atoms with Crippen molar-refractivity contribution in [3.05, 3.63) is 35.2 Å². The zero-order valence-corrected chi connectivity index (χ0v) is 11.8. The van der Waals surface area contributed by atoms with E-state index in [-0.39, 0.29) is 0 Å². The number of fused-ring (bicyclic) bond motifs is 1. The Bertz CT molecular complexity index is 595. The first-order valence-electron chi connectivity index (χ1n) is 6.98. The summed E-state index contributed by atoms with van der Waals surface area (Å²) < 4.78 is 5.73. The van der Waals surface area contributed by atoms with Crippen LogP contribution in [0.25, 0.3) is 0 Å². The van der Waals surface area contributed by atoms with Crippen LogP contribution in [0.4, 0.5) is 0 Å². The van der Waals surface area contributed by atoms with Gasteiger partial charge in [-0.2, -0.15) is 4.80 Å². The first kappa shape index (κ1) is 13.1. The van der Waals surface area contributed by atoms with E-state index in [2.05, 4.69) is 39.8 Å². The van der Waals surface area contributed by atoms with Gasteiger partial charge in [0.2, 0.25) is 5.82 Å². The average molecular weight is 273 g/mol. The summed E-state index contributed by atoms with van der Waals surface area (Å²) in [5.74, 6) is 1.46. The fourth-order valence-corrected chi connectivity index (χ4v) is 2.67. The van der Waals surface area contributed by atoms with Crippen molar-refractivity contribution in [1.29, 1.82) is 0 Å². The lowest BCUT2D eigenvalue weighted by molar-refractivity contribution is 0.295. The monoisotopic (exact) mass is 273 g/mol. The molecule has 1 unspecified atom stereocenters. The molecule has 1 N–H and O–H groups in total. The van der Waals surface area contributed by atoms with Crippen LogP contribution in [0.1, 0.15) is 36.3 Å². The standard InChI is InChI=1S/C14H19N5O/c1-3-15-13-7-4-10-8-11(5-6-12(10)13)20-9-14-16-18-19(2)17-14/h5-6,8,13,15H,3-4,7,9H2,1-2H3. The number of rotatable bonds is 5. The van der Waals surface area contributed by atoms with Crippen LogP contribution in [0.15, 0.2) is 18.2 Å². The summed E-state index contributed by atoms with van der Waals surface area (Å²) in [6.45, 7) is 3.49. The number of hydrogen-bond donors (Lipinski definition) is 1. The number of aryl methyl sites for hydroxylation is 2. The highest BCUT2D eigenvalue weighted by Crippen LogP contribution is 2.33. The number of aromatic nitrogens is 4. The Hall–Kier alpha value is -1.95. The number of hydrogen-bond acceptors (Lipinski definition) is 5. The maximum Gasteiger partial charge on any atom is 0.212 e. The van der Waals surface area contributed by atoms with Crippen molar-refractivity contribution in [3.8, 4) is 5.75 Å². The van der Waals surface area contributed by atoms with Crippen molar-refractivity contribution >= 4 is 0 Å². The minimum absolute atomic E-state index is 0.350. The Kier molecular flexibility index (Phi) is 3.64. The number of nitrogens with zero attached hydrogens (tertiary/aromatic N) is 4. The average Bonchev–Trinajstić information content (AvgIpc) is 3.04. The van der Waals surface area contributed by atoms with Crippen molar-refractivity contribution in [1.82, 2.24) is 25.5 Å². The van der Waals surface area contributed by atoms with Gasteiger partial charge in [0.15, 0.2) is 6.61 Å². The highest BCUT2D eigenvalue weighted by atomic mass is 16.5. The van der Waals surface area contributed by atoms with Crippen molar-refractivity contribution in [2.24, 2.45) is 7.05 Å². The molecule has 2 aromatic rings. The molecule has 6 heteroatoms. The molecule has 0 bridgehead atoms. The van der Waals surface area contributed by atoms with Gasteiger partial charge in [-0.3, -0.25) is 0 Å². The summed E-state index contributed by atoms with van der Waals surface area (Å²) in [6.07, 6.45) is 2.27. The van der Waals surface area contributed by atoms with Crippen molar-refractivity contribution in [2.45, 2.75) is 32.4 Å². The molecule has 0 amide bonds. The summed E-state index contributed by atoms with van der Waals surface area (Å²) in [4.78, 5) is 1.43. The van der Waals surface area contributed by atoms with Crippen LogP contribution in [0.2, 0.25) is 0 Å². The van der Waals surface area contributed by atoms with Gasteiger partial charge >= 0.3 is 0 Å². The normalized spacial score (nSPS) is 17.2. The van der Waals surface area contributed by atoms with E-state index in [0.29, 0.717) is 18.5 Å². The van der Waals surface area contributed by atoms with Crippen molar-refractivity contribution in [3.63, 3.8) is 0 Å². The van der Waals surface area contributed by atoms with Crippen LogP contribution in [0, 0.1) is 0 Å². The third-order valence-electron chi connectivity index (χ3n) is 3.56. The molecule has 6 nitrogen and oxygen atoms in total. The molecule has 1 aromatic carbocycles. The maximum absolute atomic E-state index is 5.73. The van der Waals surface area contributed by atoms with Crippen LogP contribution in [-0.4, -0.2) is 26.8 Å². The summed E-state index contributed by atoms with van der Waals surface area (Å²) in [7, 11) is 1.74. The Morgan fingerprint density at radius 3 is 3.10 bits per heavy atom. The summed E-state index contributed by atoms with van der Waals surface area (Å²) >= 11 is 0. The molecule has 1 atom stereocenters. The van der Waals surface area contributed by atoms with E-state index >= 15 is 0 Å². The van der Waals surface area contributed by atoms with Gasteiger partial charge in [0.1, 0.15) is 5.75 Å². The largest absolute Gasteiger partial charge is 0.485 e. The number of benzene rings is 1. The maximum atomic E-state index is 5.73. The first-order valence-corrected chi connectivity index (χ1v) is 6.98. The van der Waals surface area contributed by atoms with Crippen LogP contribution in [0.5, 0.6) is 5.75 Å². The van der Waals surface area contributed by atoms with Gasteiger partial charge in [-0.15, -0.1) is 10.2 Å².